The van der Waals surface area contributed by atoms with Gasteiger partial charge in [0.15, 0.2) is 5.82 Å². The summed E-state index contributed by atoms with van der Waals surface area (Å²) in [5, 5.41) is 19.6. The van der Waals surface area contributed by atoms with Crippen LogP contribution in [0.15, 0.2) is 12.3 Å². The summed E-state index contributed by atoms with van der Waals surface area (Å²) >= 11 is 0. The molecular weight excluding hydrogens is 218 g/mol. The van der Waals surface area contributed by atoms with E-state index in [1.807, 2.05) is 16.9 Å². The first-order valence-corrected chi connectivity index (χ1v) is 5.62. The summed E-state index contributed by atoms with van der Waals surface area (Å²) < 4.78 is 1.81. The number of tetrazole rings is 1. The van der Waals surface area contributed by atoms with Gasteiger partial charge in [-0.2, -0.15) is 9.90 Å². The van der Waals surface area contributed by atoms with E-state index in [1.165, 1.54) is 4.80 Å². The molecule has 0 aliphatic rings. The molecule has 0 amide bonds. The molecule has 7 nitrogen and oxygen atoms in total. The van der Waals surface area contributed by atoms with Crippen LogP contribution in [0.1, 0.15) is 25.4 Å². The van der Waals surface area contributed by atoms with Crippen LogP contribution in [0.4, 0.5) is 0 Å². The van der Waals surface area contributed by atoms with E-state index in [0.717, 1.165) is 12.2 Å². The summed E-state index contributed by atoms with van der Waals surface area (Å²) in [6, 6.07) is 2.45. The Kier molecular flexibility index (Phi) is 3.48. The third-order valence-electron chi connectivity index (χ3n) is 2.24. The minimum absolute atomic E-state index is 0.460. The average molecular weight is 235 g/mol. The van der Waals surface area contributed by atoms with Crippen molar-refractivity contribution < 1.29 is 0 Å². The Labute approximate surface area is 99.8 Å². The summed E-state index contributed by atoms with van der Waals surface area (Å²) in [6.07, 6.45) is 1.92. The van der Waals surface area contributed by atoms with Crippen LogP contribution in [0.3, 0.4) is 0 Å². The van der Waals surface area contributed by atoms with Gasteiger partial charge in [0, 0.05) is 18.8 Å². The molecule has 0 radical (unpaired) electrons. The smallest absolute Gasteiger partial charge is 0.196 e. The highest BCUT2D eigenvalue weighted by Gasteiger charge is 2.04. The highest BCUT2D eigenvalue weighted by atomic mass is 15.6. The van der Waals surface area contributed by atoms with Gasteiger partial charge in [0.05, 0.1) is 12.7 Å². The molecule has 0 saturated carbocycles. The van der Waals surface area contributed by atoms with Crippen molar-refractivity contribution in [2.75, 3.05) is 0 Å². The molecular formula is C10H17N7. The van der Waals surface area contributed by atoms with Crippen molar-refractivity contribution in [3.8, 4) is 0 Å². The first-order valence-electron chi connectivity index (χ1n) is 5.62. The largest absolute Gasteiger partial charge is 0.309 e. The third-order valence-corrected chi connectivity index (χ3v) is 2.24. The third kappa shape index (κ3) is 3.35. The lowest BCUT2D eigenvalue weighted by atomic mass is 10.3. The van der Waals surface area contributed by atoms with Crippen molar-refractivity contribution in [1.29, 1.82) is 0 Å². The maximum Gasteiger partial charge on any atom is 0.196 e. The minimum Gasteiger partial charge on any atom is -0.309 e. The first-order chi connectivity index (χ1) is 8.13. The minimum atomic E-state index is 0.460. The molecule has 0 saturated heterocycles. The van der Waals surface area contributed by atoms with Gasteiger partial charge in [0.2, 0.25) is 0 Å². The van der Waals surface area contributed by atoms with Crippen molar-refractivity contribution in [3.05, 3.63) is 23.8 Å². The number of aryl methyl sites for hydroxylation is 1. The Hall–Kier alpha value is -1.76. The summed E-state index contributed by atoms with van der Waals surface area (Å²) in [7, 11) is 1.75. The number of hydrogen-bond donors (Lipinski definition) is 1. The molecule has 0 aliphatic carbocycles. The molecule has 2 heterocycles. The molecule has 0 fully saturated rings. The zero-order valence-electron chi connectivity index (χ0n) is 10.3. The van der Waals surface area contributed by atoms with E-state index in [0.29, 0.717) is 18.4 Å². The molecule has 2 rings (SSSR count). The lowest BCUT2D eigenvalue weighted by Crippen LogP contribution is -2.22. The van der Waals surface area contributed by atoms with Gasteiger partial charge in [-0.3, -0.25) is 4.68 Å². The zero-order chi connectivity index (χ0) is 12.3. The molecule has 0 unspecified atom stereocenters. The van der Waals surface area contributed by atoms with Crippen LogP contribution in [0.25, 0.3) is 0 Å². The maximum absolute atomic E-state index is 4.42. The molecule has 2 aromatic rings. The fourth-order valence-electron chi connectivity index (χ4n) is 1.43. The van der Waals surface area contributed by atoms with Crippen molar-refractivity contribution in [3.63, 3.8) is 0 Å². The fourth-order valence-corrected chi connectivity index (χ4v) is 1.43. The topological polar surface area (TPSA) is 73.5 Å². The molecule has 92 valence electrons. The number of hydrogen-bond acceptors (Lipinski definition) is 5. The van der Waals surface area contributed by atoms with Crippen LogP contribution in [-0.4, -0.2) is 36.0 Å². The van der Waals surface area contributed by atoms with Gasteiger partial charge in [-0.15, -0.1) is 10.2 Å². The summed E-state index contributed by atoms with van der Waals surface area (Å²) in [4.78, 5) is 1.44. The second-order valence-corrected chi connectivity index (χ2v) is 4.24. The van der Waals surface area contributed by atoms with E-state index < -0.39 is 0 Å². The van der Waals surface area contributed by atoms with E-state index in [1.54, 1.807) is 7.05 Å². The molecule has 17 heavy (non-hydrogen) atoms. The van der Waals surface area contributed by atoms with E-state index in [2.05, 4.69) is 39.7 Å². The Morgan fingerprint density at radius 2 is 2.18 bits per heavy atom. The van der Waals surface area contributed by atoms with Crippen LogP contribution in [0, 0.1) is 0 Å². The van der Waals surface area contributed by atoms with Gasteiger partial charge in [0.1, 0.15) is 6.54 Å². The predicted octanol–water partition coefficient (Wildman–Crippen LogP) is -0.0471. The average Bonchev–Trinajstić information content (AvgIpc) is 2.86. The van der Waals surface area contributed by atoms with Gasteiger partial charge in [-0.05, 0) is 11.3 Å². The normalized spacial score (nSPS) is 11.3. The van der Waals surface area contributed by atoms with Gasteiger partial charge < -0.3 is 5.32 Å². The van der Waals surface area contributed by atoms with Crippen molar-refractivity contribution >= 4 is 0 Å². The SMILES string of the molecule is CC(C)NCc1ccn(Cc2nnn(C)n2)n1. The molecule has 0 bridgehead atoms. The van der Waals surface area contributed by atoms with Crippen LogP contribution < -0.4 is 5.32 Å². The van der Waals surface area contributed by atoms with Gasteiger partial charge in [-0.1, -0.05) is 13.8 Å². The highest BCUT2D eigenvalue weighted by molar-refractivity contribution is 4.99. The van der Waals surface area contributed by atoms with Crippen LogP contribution >= 0.6 is 0 Å². The van der Waals surface area contributed by atoms with Crippen molar-refractivity contribution in [2.45, 2.75) is 33.0 Å². The van der Waals surface area contributed by atoms with E-state index in [-0.39, 0.29) is 0 Å². The van der Waals surface area contributed by atoms with Crippen LogP contribution in [0.5, 0.6) is 0 Å². The molecule has 0 aliphatic heterocycles. The Balaban J connectivity index is 1.94. The zero-order valence-corrected chi connectivity index (χ0v) is 10.3. The van der Waals surface area contributed by atoms with Crippen molar-refractivity contribution in [2.24, 2.45) is 7.05 Å². The first kappa shape index (κ1) is 11.7. The van der Waals surface area contributed by atoms with Crippen molar-refractivity contribution in [1.82, 2.24) is 35.3 Å². The Morgan fingerprint density at radius 1 is 1.35 bits per heavy atom. The van der Waals surface area contributed by atoms with E-state index in [4.69, 9.17) is 0 Å². The molecule has 7 heteroatoms. The van der Waals surface area contributed by atoms with E-state index in [9.17, 15) is 0 Å². The molecule has 0 spiro atoms. The van der Waals surface area contributed by atoms with Gasteiger partial charge in [-0.25, -0.2) is 0 Å². The quantitative estimate of drug-likeness (QED) is 0.786. The standard InChI is InChI=1S/C10H17N7/c1-8(2)11-6-9-4-5-17(13-9)7-10-12-15-16(3)14-10/h4-5,8,11H,6-7H2,1-3H3. The molecule has 1 N–H and O–H groups in total. The summed E-state index contributed by atoms with van der Waals surface area (Å²) in [6.45, 7) is 5.55. The number of aromatic nitrogens is 6. The Morgan fingerprint density at radius 3 is 2.82 bits per heavy atom. The second-order valence-electron chi connectivity index (χ2n) is 4.24. The number of rotatable bonds is 5. The van der Waals surface area contributed by atoms with Crippen LogP contribution in [-0.2, 0) is 20.1 Å². The monoisotopic (exact) mass is 235 g/mol. The number of nitrogens with zero attached hydrogens (tertiary/aromatic N) is 6. The van der Waals surface area contributed by atoms with E-state index >= 15 is 0 Å². The summed E-state index contributed by atoms with van der Waals surface area (Å²) in [5.41, 5.74) is 1.02. The van der Waals surface area contributed by atoms with Gasteiger partial charge in [0.25, 0.3) is 0 Å². The summed E-state index contributed by atoms with van der Waals surface area (Å²) in [5.74, 6) is 0.666. The molecule has 2 aromatic heterocycles. The lowest BCUT2D eigenvalue weighted by Gasteiger charge is -2.04. The predicted molar refractivity (Wildman–Crippen MR) is 62.1 cm³/mol. The van der Waals surface area contributed by atoms with Crippen LogP contribution in [0.2, 0.25) is 0 Å². The molecule has 0 atom stereocenters. The Bertz CT molecular complexity index is 470. The molecule has 0 aromatic carbocycles. The fraction of sp³-hybridized carbons (Fsp3) is 0.600. The van der Waals surface area contributed by atoms with Gasteiger partial charge >= 0.3 is 0 Å². The maximum atomic E-state index is 4.42. The number of nitrogens with one attached hydrogen (secondary N) is 1. The lowest BCUT2D eigenvalue weighted by molar-refractivity contribution is 0.566. The highest BCUT2D eigenvalue weighted by Crippen LogP contribution is 1.98. The second kappa shape index (κ2) is 5.05.